The van der Waals surface area contributed by atoms with E-state index in [0.717, 1.165) is 5.75 Å². The van der Waals surface area contributed by atoms with Gasteiger partial charge in [0.15, 0.2) is 18.3 Å². The van der Waals surface area contributed by atoms with Crippen molar-refractivity contribution in [2.45, 2.75) is 0 Å². The van der Waals surface area contributed by atoms with Gasteiger partial charge < -0.3 is 18.9 Å². The molecule has 0 atom stereocenters. The molecule has 1 aliphatic rings. The third kappa shape index (κ3) is 1.67. The summed E-state index contributed by atoms with van der Waals surface area (Å²) >= 11 is 0. The molecule has 0 saturated carbocycles. The average molecular weight is 182 g/mol. The van der Waals surface area contributed by atoms with E-state index in [1.807, 2.05) is 12.1 Å². The fraction of sp³-hybridized carbons (Fsp3) is 0.333. The van der Waals surface area contributed by atoms with Crippen LogP contribution in [0.15, 0.2) is 18.2 Å². The van der Waals surface area contributed by atoms with Crippen LogP contribution in [0.2, 0.25) is 0 Å². The predicted octanol–water partition coefficient (Wildman–Crippen LogP) is 1.40. The first-order valence-electron chi connectivity index (χ1n) is 3.91. The summed E-state index contributed by atoms with van der Waals surface area (Å²) in [5.41, 5.74) is 0. The van der Waals surface area contributed by atoms with Gasteiger partial charge in [0.25, 0.3) is 0 Å². The highest BCUT2D eigenvalue weighted by molar-refractivity contribution is 5.46. The van der Waals surface area contributed by atoms with Crippen LogP contribution >= 0.6 is 0 Å². The van der Waals surface area contributed by atoms with Crippen LogP contribution in [-0.4, -0.2) is 20.7 Å². The predicted molar refractivity (Wildman–Crippen MR) is 45.1 cm³/mol. The van der Waals surface area contributed by atoms with Gasteiger partial charge in [-0.3, -0.25) is 0 Å². The maximum atomic E-state index is 5.22. The second kappa shape index (κ2) is 3.53. The van der Waals surface area contributed by atoms with Crippen molar-refractivity contribution in [3.63, 3.8) is 0 Å². The number of benzene rings is 1. The van der Waals surface area contributed by atoms with Crippen molar-refractivity contribution in [2.24, 2.45) is 0 Å². The quantitative estimate of drug-likeness (QED) is 0.662. The maximum Gasteiger partial charge on any atom is 0.231 e. The molecule has 0 fully saturated rings. The van der Waals surface area contributed by atoms with Gasteiger partial charge in [0.1, 0.15) is 5.75 Å². The number of hydrogen-bond acceptors (Lipinski definition) is 4. The normalized spacial score (nSPS) is 13.0. The molecule has 0 bridgehead atoms. The maximum absolute atomic E-state index is 5.22. The first-order chi connectivity index (χ1) is 6.40. The molecule has 0 unspecified atom stereocenters. The second-order valence-electron chi connectivity index (χ2n) is 2.57. The highest BCUT2D eigenvalue weighted by Crippen LogP contribution is 2.34. The molecule has 1 heterocycles. The molecule has 13 heavy (non-hydrogen) atoms. The van der Waals surface area contributed by atoms with Crippen LogP contribution in [0.25, 0.3) is 0 Å². The summed E-state index contributed by atoms with van der Waals surface area (Å²) in [6, 6.07) is 5.40. The lowest BCUT2D eigenvalue weighted by atomic mass is 10.3. The Morgan fingerprint density at radius 2 is 2.15 bits per heavy atom. The van der Waals surface area contributed by atoms with Gasteiger partial charge in [-0.25, -0.2) is 0 Å². The molecule has 0 saturated heterocycles. The van der Waals surface area contributed by atoms with Gasteiger partial charge in [-0.05, 0) is 12.1 Å². The van der Waals surface area contributed by atoms with Gasteiger partial charge in [0.2, 0.25) is 6.79 Å². The molecule has 0 spiro atoms. The molecule has 4 nitrogen and oxygen atoms in total. The van der Waals surface area contributed by atoms with Crippen molar-refractivity contribution >= 4 is 0 Å². The standard InChI is InChI=1S/C9H10O4/c1-10-5-11-7-2-3-8-9(4-7)13-6-12-8/h2-4H,5-6H2,1H3. The second-order valence-corrected chi connectivity index (χ2v) is 2.57. The van der Waals surface area contributed by atoms with Gasteiger partial charge in [-0.1, -0.05) is 0 Å². The van der Waals surface area contributed by atoms with E-state index >= 15 is 0 Å². The van der Waals surface area contributed by atoms with Crippen molar-refractivity contribution in [2.75, 3.05) is 20.7 Å². The summed E-state index contributed by atoms with van der Waals surface area (Å²) in [6.07, 6.45) is 0. The fourth-order valence-corrected chi connectivity index (χ4v) is 1.09. The van der Waals surface area contributed by atoms with E-state index < -0.39 is 0 Å². The van der Waals surface area contributed by atoms with Crippen LogP contribution in [0.5, 0.6) is 17.2 Å². The van der Waals surface area contributed by atoms with Crippen molar-refractivity contribution in [3.8, 4) is 17.2 Å². The Kier molecular flexibility index (Phi) is 2.23. The van der Waals surface area contributed by atoms with Gasteiger partial charge in [0, 0.05) is 13.2 Å². The van der Waals surface area contributed by atoms with Crippen molar-refractivity contribution in [1.82, 2.24) is 0 Å². The summed E-state index contributed by atoms with van der Waals surface area (Å²) in [7, 11) is 1.58. The molecule has 70 valence electrons. The van der Waals surface area contributed by atoms with Crippen molar-refractivity contribution in [3.05, 3.63) is 18.2 Å². The van der Waals surface area contributed by atoms with E-state index in [1.54, 1.807) is 13.2 Å². The highest BCUT2D eigenvalue weighted by atomic mass is 16.7. The van der Waals surface area contributed by atoms with E-state index in [9.17, 15) is 0 Å². The third-order valence-electron chi connectivity index (χ3n) is 1.69. The third-order valence-corrected chi connectivity index (χ3v) is 1.69. The first-order valence-corrected chi connectivity index (χ1v) is 3.91. The Hall–Kier alpha value is -1.42. The number of methoxy groups -OCH3 is 1. The zero-order valence-electron chi connectivity index (χ0n) is 7.28. The minimum atomic E-state index is 0.236. The van der Waals surface area contributed by atoms with Crippen LogP contribution in [0.4, 0.5) is 0 Å². The first kappa shape index (κ1) is 8.19. The van der Waals surface area contributed by atoms with Crippen LogP contribution in [0.3, 0.4) is 0 Å². The fourth-order valence-electron chi connectivity index (χ4n) is 1.09. The Morgan fingerprint density at radius 1 is 1.31 bits per heavy atom. The van der Waals surface area contributed by atoms with Gasteiger partial charge in [-0.15, -0.1) is 0 Å². The van der Waals surface area contributed by atoms with Crippen LogP contribution in [0.1, 0.15) is 0 Å². The minimum Gasteiger partial charge on any atom is -0.467 e. The summed E-state index contributed by atoms with van der Waals surface area (Å²) in [5.74, 6) is 2.18. The Labute approximate surface area is 76.0 Å². The lowest BCUT2D eigenvalue weighted by molar-refractivity contribution is 0.0510. The number of rotatable bonds is 3. The summed E-state index contributed by atoms with van der Waals surface area (Å²) < 4.78 is 20.3. The zero-order chi connectivity index (χ0) is 9.10. The van der Waals surface area contributed by atoms with Crippen molar-refractivity contribution in [1.29, 1.82) is 0 Å². The Morgan fingerprint density at radius 3 is 3.00 bits per heavy atom. The van der Waals surface area contributed by atoms with E-state index in [0.29, 0.717) is 11.5 Å². The molecule has 0 N–H and O–H groups in total. The largest absolute Gasteiger partial charge is 0.467 e. The molecule has 0 radical (unpaired) electrons. The highest BCUT2D eigenvalue weighted by Gasteiger charge is 2.13. The Balaban J connectivity index is 2.12. The summed E-state index contributed by atoms with van der Waals surface area (Å²) in [5, 5.41) is 0. The lowest BCUT2D eigenvalue weighted by Gasteiger charge is -2.04. The molecule has 2 rings (SSSR count). The monoisotopic (exact) mass is 182 g/mol. The van der Waals surface area contributed by atoms with Crippen LogP contribution in [0, 0.1) is 0 Å². The molecular weight excluding hydrogens is 172 g/mol. The molecular formula is C9H10O4. The molecule has 0 aliphatic carbocycles. The van der Waals surface area contributed by atoms with Crippen LogP contribution in [-0.2, 0) is 4.74 Å². The zero-order valence-corrected chi connectivity index (χ0v) is 7.28. The minimum absolute atomic E-state index is 0.236. The average Bonchev–Trinajstić information content (AvgIpc) is 2.61. The van der Waals surface area contributed by atoms with E-state index in [4.69, 9.17) is 18.9 Å². The summed E-state index contributed by atoms with van der Waals surface area (Å²) in [6.45, 7) is 0.517. The topological polar surface area (TPSA) is 36.9 Å². The molecule has 1 aliphatic heterocycles. The molecule has 1 aromatic rings. The Bertz CT molecular complexity index is 298. The molecule has 0 amide bonds. The van der Waals surface area contributed by atoms with Gasteiger partial charge in [-0.2, -0.15) is 0 Å². The van der Waals surface area contributed by atoms with Crippen LogP contribution < -0.4 is 14.2 Å². The van der Waals surface area contributed by atoms with Crippen molar-refractivity contribution < 1.29 is 18.9 Å². The van der Waals surface area contributed by atoms with E-state index in [-0.39, 0.29) is 13.6 Å². The SMILES string of the molecule is COCOc1ccc2c(c1)OCO2. The molecule has 4 heteroatoms. The van der Waals surface area contributed by atoms with E-state index in [1.165, 1.54) is 0 Å². The van der Waals surface area contributed by atoms with Gasteiger partial charge in [0.05, 0.1) is 0 Å². The number of hydrogen-bond donors (Lipinski definition) is 0. The van der Waals surface area contributed by atoms with Gasteiger partial charge >= 0.3 is 0 Å². The number of ether oxygens (including phenoxy) is 4. The molecule has 1 aromatic carbocycles. The number of fused-ring (bicyclic) bond motifs is 1. The smallest absolute Gasteiger partial charge is 0.231 e. The summed E-state index contributed by atoms with van der Waals surface area (Å²) in [4.78, 5) is 0. The van der Waals surface area contributed by atoms with E-state index in [2.05, 4.69) is 0 Å². The molecule has 0 aromatic heterocycles. The lowest BCUT2D eigenvalue weighted by Crippen LogP contribution is -1.98.